The lowest BCUT2D eigenvalue weighted by molar-refractivity contribution is 0.416. The van der Waals surface area contributed by atoms with Gasteiger partial charge in [-0.15, -0.1) is 0 Å². The molecular formula is C18H21ClN2O. The van der Waals surface area contributed by atoms with E-state index in [1.807, 2.05) is 12.3 Å². The van der Waals surface area contributed by atoms with E-state index in [0.717, 1.165) is 24.3 Å². The van der Waals surface area contributed by atoms with Crippen LogP contribution in [0.3, 0.4) is 0 Å². The zero-order valence-electron chi connectivity index (χ0n) is 13.2. The molecule has 0 fully saturated rings. The summed E-state index contributed by atoms with van der Waals surface area (Å²) in [7, 11) is 1.63. The summed E-state index contributed by atoms with van der Waals surface area (Å²) in [5, 5.41) is 0.643. The number of halogens is 1. The Bertz CT molecular complexity index is 634. The molecule has 0 unspecified atom stereocenters. The molecule has 0 heterocycles. The van der Waals surface area contributed by atoms with Gasteiger partial charge in [-0.1, -0.05) is 23.7 Å². The van der Waals surface area contributed by atoms with Crippen LogP contribution in [0.1, 0.15) is 19.4 Å². The summed E-state index contributed by atoms with van der Waals surface area (Å²) in [6.45, 7) is 6.32. The predicted octanol–water partition coefficient (Wildman–Crippen LogP) is 4.95. The van der Waals surface area contributed by atoms with Crippen LogP contribution >= 0.6 is 11.6 Å². The number of hydrogen-bond acceptors (Lipinski definition) is 3. The zero-order valence-corrected chi connectivity index (χ0v) is 14.0. The lowest BCUT2D eigenvalue weighted by atomic mass is 10.2. The molecule has 2 aromatic rings. The van der Waals surface area contributed by atoms with Gasteiger partial charge in [0.2, 0.25) is 0 Å². The van der Waals surface area contributed by atoms with E-state index in [1.54, 1.807) is 19.2 Å². The number of aliphatic imine (C=N–C) groups is 1. The third-order valence-corrected chi connectivity index (χ3v) is 3.75. The molecule has 4 heteroatoms. The molecule has 0 saturated carbocycles. The van der Waals surface area contributed by atoms with E-state index < -0.39 is 0 Å². The Hall–Kier alpha value is -2.00. The van der Waals surface area contributed by atoms with Gasteiger partial charge in [0.15, 0.2) is 0 Å². The topological polar surface area (TPSA) is 24.8 Å². The minimum absolute atomic E-state index is 0.643. The van der Waals surface area contributed by atoms with E-state index in [-0.39, 0.29) is 0 Å². The van der Waals surface area contributed by atoms with Crippen molar-refractivity contribution in [3.05, 3.63) is 53.1 Å². The predicted molar refractivity (Wildman–Crippen MR) is 95.3 cm³/mol. The molecule has 0 aliphatic heterocycles. The number of rotatable bonds is 6. The Morgan fingerprint density at radius 3 is 2.36 bits per heavy atom. The van der Waals surface area contributed by atoms with Crippen LogP contribution in [0.2, 0.25) is 5.02 Å². The average molecular weight is 317 g/mol. The Kier molecular flexibility index (Phi) is 5.84. The highest BCUT2D eigenvalue weighted by Crippen LogP contribution is 2.30. The maximum Gasteiger partial charge on any atom is 0.144 e. The van der Waals surface area contributed by atoms with Crippen molar-refractivity contribution in [2.45, 2.75) is 13.8 Å². The SMILES string of the molecule is CCN(CC)c1ccc(C=Nc2cc(Cl)ccc2OC)cc1. The molecule has 116 valence electrons. The molecule has 0 radical (unpaired) electrons. The van der Waals surface area contributed by atoms with Crippen LogP contribution in [0.25, 0.3) is 0 Å². The Morgan fingerprint density at radius 1 is 1.09 bits per heavy atom. The first-order valence-corrected chi connectivity index (χ1v) is 7.78. The van der Waals surface area contributed by atoms with Crippen molar-refractivity contribution in [2.75, 3.05) is 25.1 Å². The normalized spacial score (nSPS) is 10.9. The van der Waals surface area contributed by atoms with Crippen molar-refractivity contribution < 1.29 is 4.74 Å². The second kappa shape index (κ2) is 7.85. The summed E-state index contributed by atoms with van der Waals surface area (Å²) in [5.74, 6) is 0.709. The highest BCUT2D eigenvalue weighted by atomic mass is 35.5. The summed E-state index contributed by atoms with van der Waals surface area (Å²) in [4.78, 5) is 6.78. The second-order valence-corrected chi connectivity index (χ2v) is 5.27. The van der Waals surface area contributed by atoms with Crippen LogP contribution < -0.4 is 9.64 Å². The molecule has 0 bridgehead atoms. The van der Waals surface area contributed by atoms with Crippen LogP contribution in [0.4, 0.5) is 11.4 Å². The van der Waals surface area contributed by atoms with Crippen molar-refractivity contribution in [1.82, 2.24) is 0 Å². The number of benzene rings is 2. The minimum Gasteiger partial charge on any atom is -0.494 e. The summed E-state index contributed by atoms with van der Waals surface area (Å²) in [6, 6.07) is 13.8. The van der Waals surface area contributed by atoms with Gasteiger partial charge in [0.25, 0.3) is 0 Å². The largest absolute Gasteiger partial charge is 0.494 e. The second-order valence-electron chi connectivity index (χ2n) is 4.84. The molecule has 22 heavy (non-hydrogen) atoms. The number of hydrogen-bond donors (Lipinski definition) is 0. The van der Waals surface area contributed by atoms with Gasteiger partial charge in [0.05, 0.1) is 7.11 Å². The number of ether oxygens (including phenoxy) is 1. The van der Waals surface area contributed by atoms with Crippen molar-refractivity contribution in [3.63, 3.8) is 0 Å². The molecule has 0 aliphatic carbocycles. The molecule has 0 atom stereocenters. The fraction of sp³-hybridized carbons (Fsp3) is 0.278. The van der Waals surface area contributed by atoms with Crippen LogP contribution in [-0.2, 0) is 0 Å². The number of anilines is 1. The van der Waals surface area contributed by atoms with Crippen molar-refractivity contribution in [2.24, 2.45) is 4.99 Å². The summed E-state index contributed by atoms with van der Waals surface area (Å²) >= 11 is 6.01. The van der Waals surface area contributed by atoms with E-state index >= 15 is 0 Å². The molecular weight excluding hydrogens is 296 g/mol. The van der Waals surface area contributed by atoms with Crippen LogP contribution in [0.5, 0.6) is 5.75 Å². The maximum absolute atomic E-state index is 6.01. The van der Waals surface area contributed by atoms with E-state index in [4.69, 9.17) is 16.3 Å². The third-order valence-electron chi connectivity index (χ3n) is 3.52. The van der Waals surface area contributed by atoms with Crippen molar-refractivity contribution in [1.29, 1.82) is 0 Å². The van der Waals surface area contributed by atoms with E-state index in [1.165, 1.54) is 5.69 Å². The molecule has 2 rings (SSSR count). The first-order chi connectivity index (χ1) is 10.7. The van der Waals surface area contributed by atoms with Crippen LogP contribution in [-0.4, -0.2) is 26.4 Å². The van der Waals surface area contributed by atoms with Crippen molar-refractivity contribution in [3.8, 4) is 5.75 Å². The van der Waals surface area contributed by atoms with Gasteiger partial charge in [-0.2, -0.15) is 0 Å². The van der Waals surface area contributed by atoms with Gasteiger partial charge in [0.1, 0.15) is 11.4 Å². The van der Waals surface area contributed by atoms with E-state index in [2.05, 4.69) is 48.0 Å². The van der Waals surface area contributed by atoms with Gasteiger partial charge in [-0.05, 0) is 49.7 Å². The fourth-order valence-electron chi connectivity index (χ4n) is 2.27. The molecule has 0 N–H and O–H groups in total. The standard InChI is InChI=1S/C18H21ClN2O/c1-4-21(5-2)16-9-6-14(7-10-16)13-20-17-12-15(19)8-11-18(17)22-3/h6-13H,4-5H2,1-3H3. The average Bonchev–Trinajstić information content (AvgIpc) is 2.55. The van der Waals surface area contributed by atoms with Gasteiger partial charge in [-0.3, -0.25) is 4.99 Å². The lowest BCUT2D eigenvalue weighted by Gasteiger charge is -2.20. The van der Waals surface area contributed by atoms with Gasteiger partial charge < -0.3 is 9.64 Å². The van der Waals surface area contributed by atoms with E-state index in [0.29, 0.717) is 10.8 Å². The third kappa shape index (κ3) is 4.01. The summed E-state index contributed by atoms with van der Waals surface area (Å²) < 4.78 is 5.29. The lowest BCUT2D eigenvalue weighted by Crippen LogP contribution is -2.21. The monoisotopic (exact) mass is 316 g/mol. The number of nitrogens with zero attached hydrogens (tertiary/aromatic N) is 2. The molecule has 2 aromatic carbocycles. The smallest absolute Gasteiger partial charge is 0.144 e. The first-order valence-electron chi connectivity index (χ1n) is 7.40. The molecule has 0 amide bonds. The summed E-state index contributed by atoms with van der Waals surface area (Å²) in [5.41, 5.74) is 2.99. The zero-order chi connectivity index (χ0) is 15.9. The minimum atomic E-state index is 0.643. The quantitative estimate of drug-likeness (QED) is 0.705. The molecule has 0 spiro atoms. The molecule has 0 saturated heterocycles. The molecule has 3 nitrogen and oxygen atoms in total. The summed E-state index contributed by atoms with van der Waals surface area (Å²) in [6.07, 6.45) is 1.82. The highest BCUT2D eigenvalue weighted by molar-refractivity contribution is 6.30. The highest BCUT2D eigenvalue weighted by Gasteiger charge is 2.03. The Morgan fingerprint density at radius 2 is 1.77 bits per heavy atom. The molecule has 0 aromatic heterocycles. The van der Waals surface area contributed by atoms with Crippen LogP contribution in [0.15, 0.2) is 47.5 Å². The maximum atomic E-state index is 6.01. The van der Waals surface area contributed by atoms with Gasteiger partial charge >= 0.3 is 0 Å². The number of methoxy groups -OCH3 is 1. The fourth-order valence-corrected chi connectivity index (χ4v) is 2.43. The van der Waals surface area contributed by atoms with Gasteiger partial charge in [0, 0.05) is 30.0 Å². The Balaban J connectivity index is 2.18. The van der Waals surface area contributed by atoms with Crippen LogP contribution in [0, 0.1) is 0 Å². The van der Waals surface area contributed by atoms with Crippen molar-refractivity contribution >= 4 is 29.2 Å². The first kappa shape index (κ1) is 16.4. The Labute approximate surface area is 137 Å². The van der Waals surface area contributed by atoms with Gasteiger partial charge in [-0.25, -0.2) is 0 Å². The van der Waals surface area contributed by atoms with E-state index in [9.17, 15) is 0 Å². The molecule has 0 aliphatic rings.